The minimum Gasteiger partial charge on any atom is -0.424 e. The Morgan fingerprint density at radius 3 is 2.50 bits per heavy atom. The zero-order valence-electron chi connectivity index (χ0n) is 20.1. The van der Waals surface area contributed by atoms with E-state index in [1.807, 2.05) is 45.9 Å². The van der Waals surface area contributed by atoms with Crippen LogP contribution in [0.15, 0.2) is 45.8 Å². The lowest BCUT2D eigenvalue weighted by Crippen LogP contribution is -2.32. The SMILES string of the molecule is CCc1nnc(C(CC(C)C)N(C)S(=O)(=O)c2ccc(Cc3nccc4[nH]c(C)nc34)cc2)o1. The number of aryl methyl sites for hydroxylation is 2. The van der Waals surface area contributed by atoms with Crippen LogP contribution in [0.3, 0.4) is 0 Å². The van der Waals surface area contributed by atoms with E-state index in [4.69, 9.17) is 4.42 Å². The second-order valence-corrected chi connectivity index (χ2v) is 10.8. The second-order valence-electron chi connectivity index (χ2n) is 8.85. The molecule has 180 valence electrons. The third-order valence-electron chi connectivity index (χ3n) is 5.77. The molecule has 4 rings (SSSR count). The van der Waals surface area contributed by atoms with Crippen molar-refractivity contribution in [3.8, 4) is 0 Å². The van der Waals surface area contributed by atoms with Crippen molar-refractivity contribution in [1.29, 1.82) is 0 Å². The van der Waals surface area contributed by atoms with Gasteiger partial charge in [0.25, 0.3) is 0 Å². The van der Waals surface area contributed by atoms with Gasteiger partial charge < -0.3 is 9.40 Å². The molecule has 1 unspecified atom stereocenters. The summed E-state index contributed by atoms with van der Waals surface area (Å²) >= 11 is 0. The van der Waals surface area contributed by atoms with Crippen molar-refractivity contribution >= 4 is 21.1 Å². The van der Waals surface area contributed by atoms with Crippen molar-refractivity contribution in [3.05, 3.63) is 65.4 Å². The first-order valence-electron chi connectivity index (χ1n) is 11.4. The van der Waals surface area contributed by atoms with Gasteiger partial charge in [-0.1, -0.05) is 32.9 Å². The van der Waals surface area contributed by atoms with Gasteiger partial charge in [0, 0.05) is 26.1 Å². The van der Waals surface area contributed by atoms with E-state index in [9.17, 15) is 8.42 Å². The smallest absolute Gasteiger partial charge is 0.243 e. The molecule has 0 fully saturated rings. The first-order chi connectivity index (χ1) is 16.2. The van der Waals surface area contributed by atoms with Crippen LogP contribution in [0, 0.1) is 12.8 Å². The highest BCUT2D eigenvalue weighted by Gasteiger charge is 2.33. The van der Waals surface area contributed by atoms with Crippen LogP contribution in [0.5, 0.6) is 0 Å². The third-order valence-corrected chi connectivity index (χ3v) is 7.65. The summed E-state index contributed by atoms with van der Waals surface area (Å²) in [6.07, 6.45) is 3.46. The molecular weight excluding hydrogens is 452 g/mol. The number of pyridine rings is 1. The molecule has 1 aromatic carbocycles. The van der Waals surface area contributed by atoms with Crippen molar-refractivity contribution in [2.45, 2.75) is 57.9 Å². The lowest BCUT2D eigenvalue weighted by atomic mass is 10.0. The zero-order chi connectivity index (χ0) is 24.5. The van der Waals surface area contributed by atoms with Gasteiger partial charge in [-0.05, 0) is 43.0 Å². The van der Waals surface area contributed by atoms with Crippen LogP contribution in [-0.2, 0) is 22.9 Å². The van der Waals surface area contributed by atoms with Gasteiger partial charge in [0.05, 0.1) is 16.1 Å². The fourth-order valence-electron chi connectivity index (χ4n) is 3.94. The van der Waals surface area contributed by atoms with Crippen molar-refractivity contribution < 1.29 is 12.8 Å². The number of nitrogens with zero attached hydrogens (tertiary/aromatic N) is 5. The highest BCUT2D eigenvalue weighted by atomic mass is 32.2. The molecule has 1 N–H and O–H groups in total. The number of aromatic amines is 1. The molecule has 0 radical (unpaired) electrons. The Labute approximate surface area is 199 Å². The summed E-state index contributed by atoms with van der Waals surface area (Å²) in [4.78, 5) is 12.4. The maximum Gasteiger partial charge on any atom is 0.243 e. The predicted molar refractivity (Wildman–Crippen MR) is 129 cm³/mol. The lowest BCUT2D eigenvalue weighted by molar-refractivity contribution is 0.267. The number of fused-ring (bicyclic) bond motifs is 1. The quantitative estimate of drug-likeness (QED) is 0.380. The molecule has 3 heterocycles. The summed E-state index contributed by atoms with van der Waals surface area (Å²) < 4.78 is 34.0. The number of imidazole rings is 1. The Morgan fingerprint density at radius 1 is 1.12 bits per heavy atom. The molecule has 0 spiro atoms. The summed E-state index contributed by atoms with van der Waals surface area (Å²) in [5, 5.41) is 8.14. The highest BCUT2D eigenvalue weighted by Crippen LogP contribution is 2.31. The molecule has 0 amide bonds. The van der Waals surface area contributed by atoms with E-state index < -0.39 is 16.1 Å². The molecule has 4 aromatic rings. The van der Waals surface area contributed by atoms with Crippen LogP contribution in [0.2, 0.25) is 0 Å². The number of H-pyrrole nitrogens is 1. The summed E-state index contributed by atoms with van der Waals surface area (Å²) in [5.74, 6) is 1.89. The number of nitrogens with one attached hydrogen (secondary N) is 1. The largest absolute Gasteiger partial charge is 0.424 e. The van der Waals surface area contributed by atoms with Crippen LogP contribution in [0.25, 0.3) is 11.0 Å². The molecule has 0 aliphatic rings. The Kier molecular flexibility index (Phi) is 6.81. The monoisotopic (exact) mass is 482 g/mol. The Bertz CT molecular complexity index is 1380. The van der Waals surface area contributed by atoms with E-state index in [0.29, 0.717) is 31.0 Å². The normalized spacial score (nSPS) is 13.3. The van der Waals surface area contributed by atoms with Gasteiger partial charge in [0.1, 0.15) is 17.4 Å². The highest BCUT2D eigenvalue weighted by molar-refractivity contribution is 7.89. The summed E-state index contributed by atoms with van der Waals surface area (Å²) in [5.41, 5.74) is 3.56. The van der Waals surface area contributed by atoms with Gasteiger partial charge in [-0.25, -0.2) is 13.4 Å². The summed E-state index contributed by atoms with van der Waals surface area (Å²) in [6, 6.07) is 8.26. The van der Waals surface area contributed by atoms with Gasteiger partial charge in [0.15, 0.2) is 0 Å². The second kappa shape index (κ2) is 9.63. The Balaban J connectivity index is 1.58. The van der Waals surface area contributed by atoms with Crippen LogP contribution in [-0.4, -0.2) is 44.9 Å². The minimum atomic E-state index is -3.78. The van der Waals surface area contributed by atoms with Crippen LogP contribution >= 0.6 is 0 Å². The number of rotatable bonds is 9. The fourth-order valence-corrected chi connectivity index (χ4v) is 5.27. The van der Waals surface area contributed by atoms with Gasteiger partial charge in [-0.2, -0.15) is 4.31 Å². The van der Waals surface area contributed by atoms with E-state index in [2.05, 4.69) is 25.1 Å². The topological polar surface area (TPSA) is 118 Å². The lowest BCUT2D eigenvalue weighted by Gasteiger charge is -2.26. The maximum absolute atomic E-state index is 13.5. The Morgan fingerprint density at radius 2 is 1.85 bits per heavy atom. The van der Waals surface area contributed by atoms with Crippen LogP contribution < -0.4 is 0 Å². The summed E-state index contributed by atoms with van der Waals surface area (Å²) in [6.45, 7) is 7.90. The molecule has 3 aromatic heterocycles. The molecular formula is C24H30N6O3S. The van der Waals surface area contributed by atoms with Gasteiger partial charge in [0.2, 0.25) is 21.8 Å². The molecule has 0 saturated carbocycles. The Hall–Kier alpha value is -3.11. The summed E-state index contributed by atoms with van der Waals surface area (Å²) in [7, 11) is -2.21. The maximum atomic E-state index is 13.5. The molecule has 0 aliphatic heterocycles. The van der Waals surface area contributed by atoms with Gasteiger partial charge >= 0.3 is 0 Å². The molecule has 0 aliphatic carbocycles. The first-order valence-corrected chi connectivity index (χ1v) is 12.8. The number of hydrogen-bond acceptors (Lipinski definition) is 7. The number of hydrogen-bond donors (Lipinski definition) is 1. The van der Waals surface area contributed by atoms with Crippen LogP contribution in [0.1, 0.15) is 62.1 Å². The molecule has 34 heavy (non-hydrogen) atoms. The first kappa shape index (κ1) is 24.0. The average Bonchev–Trinajstić information content (AvgIpc) is 3.43. The minimum absolute atomic E-state index is 0.213. The van der Waals surface area contributed by atoms with Crippen LogP contribution in [0.4, 0.5) is 0 Å². The van der Waals surface area contributed by atoms with Crippen molar-refractivity contribution in [2.75, 3.05) is 7.05 Å². The van der Waals surface area contributed by atoms with Crippen molar-refractivity contribution in [2.24, 2.45) is 5.92 Å². The van der Waals surface area contributed by atoms with Gasteiger partial charge in [-0.3, -0.25) is 4.98 Å². The van der Waals surface area contributed by atoms with E-state index in [1.165, 1.54) is 4.31 Å². The van der Waals surface area contributed by atoms with Gasteiger partial charge in [-0.15, -0.1) is 10.2 Å². The predicted octanol–water partition coefficient (Wildman–Crippen LogP) is 4.21. The number of sulfonamides is 1. The standard InChI is InChI=1S/C24H30N6O3S/c1-6-22-28-29-24(33-22)21(13-15(2)3)30(5)34(31,32)18-9-7-17(8-10-18)14-20-23-19(11-12-25-20)26-16(4)27-23/h7-12,15,21H,6,13-14H2,1-5H3,(H,26,27). The number of benzene rings is 1. The average molecular weight is 483 g/mol. The van der Waals surface area contributed by atoms with E-state index in [0.717, 1.165) is 28.1 Å². The van der Waals surface area contributed by atoms with E-state index in [-0.39, 0.29) is 10.8 Å². The van der Waals surface area contributed by atoms with E-state index in [1.54, 1.807) is 25.4 Å². The van der Waals surface area contributed by atoms with Crippen molar-refractivity contribution in [3.63, 3.8) is 0 Å². The fraction of sp³-hybridized carbons (Fsp3) is 0.417. The zero-order valence-corrected chi connectivity index (χ0v) is 20.9. The third kappa shape index (κ3) is 4.88. The molecule has 1 atom stereocenters. The van der Waals surface area contributed by atoms with E-state index >= 15 is 0 Å². The number of aromatic nitrogens is 5. The molecule has 10 heteroatoms. The molecule has 0 bridgehead atoms. The molecule has 0 saturated heterocycles. The van der Waals surface area contributed by atoms with Crippen molar-refractivity contribution in [1.82, 2.24) is 29.5 Å². The molecule has 9 nitrogen and oxygen atoms in total.